The minimum absolute atomic E-state index is 0.194. The molecule has 0 radical (unpaired) electrons. The van der Waals surface area contributed by atoms with Gasteiger partial charge in [-0.1, -0.05) is 19.9 Å². The fraction of sp³-hybridized carbons (Fsp3) is 0.348. The molecule has 1 aromatic heterocycles. The molecule has 0 amide bonds. The molecule has 0 fully saturated rings. The summed E-state index contributed by atoms with van der Waals surface area (Å²) in [5.41, 5.74) is -1.95. The lowest BCUT2D eigenvalue weighted by Gasteiger charge is -2.38. The van der Waals surface area contributed by atoms with Crippen molar-refractivity contribution in [3.8, 4) is 0 Å². The first kappa shape index (κ1) is 22.0. The first-order valence-electron chi connectivity index (χ1n) is 9.47. The molecular weight excluding hydrogens is 398 g/mol. The van der Waals surface area contributed by atoms with E-state index in [-0.39, 0.29) is 5.69 Å². The average molecular weight is 421 g/mol. The number of rotatable bonds is 6. The molecule has 0 bridgehead atoms. The summed E-state index contributed by atoms with van der Waals surface area (Å²) in [6.07, 6.45) is -5.60. The number of H-pyrrole nitrogens is 1. The second-order valence-corrected chi connectivity index (χ2v) is 8.49. The highest BCUT2D eigenvalue weighted by Crippen LogP contribution is 2.44. The van der Waals surface area contributed by atoms with Crippen LogP contribution in [0.3, 0.4) is 0 Å². The Labute approximate surface area is 171 Å². The summed E-state index contributed by atoms with van der Waals surface area (Å²) in [4.78, 5) is 13.8. The van der Waals surface area contributed by atoms with E-state index in [1.54, 1.807) is 39.0 Å². The Morgan fingerprint density at radius 2 is 1.77 bits per heavy atom. The maximum Gasteiger partial charge on any atom is 0.417 e. The number of alkyl halides is 3. The standard InChI is InChI=1S/C23H23F4NO2/c1-14-4-6-17(24)10-19(14)21(2,3)13-22(30,23(25,26)27)11-18-9-16-8-15(12-29)5-7-20(16)28-18/h4-10,12,28,30H,11,13H2,1-3H3. The zero-order chi connectivity index (χ0) is 22.3. The van der Waals surface area contributed by atoms with Gasteiger partial charge in [-0.25, -0.2) is 4.39 Å². The fourth-order valence-electron chi connectivity index (χ4n) is 4.11. The lowest BCUT2D eigenvalue weighted by atomic mass is 9.72. The SMILES string of the molecule is Cc1ccc(F)cc1C(C)(C)CC(O)(Cc1cc2cc(C=O)ccc2[nH]1)C(F)(F)F. The van der Waals surface area contributed by atoms with E-state index in [2.05, 4.69) is 4.98 Å². The van der Waals surface area contributed by atoms with Crippen LogP contribution in [0.25, 0.3) is 10.9 Å². The Bertz CT molecular complexity index is 1080. The van der Waals surface area contributed by atoms with E-state index in [9.17, 15) is 27.5 Å². The second kappa shape index (κ2) is 7.54. The van der Waals surface area contributed by atoms with Gasteiger partial charge in [-0.05, 0) is 66.3 Å². The van der Waals surface area contributed by atoms with Gasteiger partial charge in [0.1, 0.15) is 12.1 Å². The summed E-state index contributed by atoms with van der Waals surface area (Å²) in [5.74, 6) is -0.541. The third-order valence-electron chi connectivity index (χ3n) is 5.51. The lowest BCUT2D eigenvalue weighted by molar-refractivity contribution is -0.266. The molecule has 30 heavy (non-hydrogen) atoms. The van der Waals surface area contributed by atoms with Crippen LogP contribution in [-0.4, -0.2) is 28.2 Å². The topological polar surface area (TPSA) is 53.1 Å². The van der Waals surface area contributed by atoms with Crippen LogP contribution in [0.1, 0.15) is 47.4 Å². The van der Waals surface area contributed by atoms with Gasteiger partial charge in [-0.2, -0.15) is 13.2 Å². The minimum atomic E-state index is -4.91. The first-order chi connectivity index (χ1) is 13.8. The third-order valence-corrected chi connectivity index (χ3v) is 5.51. The molecular formula is C23H23F4NO2. The van der Waals surface area contributed by atoms with Gasteiger partial charge in [0, 0.05) is 28.6 Å². The number of aldehydes is 1. The number of benzene rings is 2. The van der Waals surface area contributed by atoms with Crippen molar-refractivity contribution in [2.24, 2.45) is 0 Å². The fourth-order valence-corrected chi connectivity index (χ4v) is 4.11. The van der Waals surface area contributed by atoms with Gasteiger partial charge in [0.25, 0.3) is 0 Å². The molecule has 2 N–H and O–H groups in total. The Morgan fingerprint density at radius 3 is 2.40 bits per heavy atom. The monoisotopic (exact) mass is 421 g/mol. The van der Waals surface area contributed by atoms with Crippen LogP contribution in [0, 0.1) is 12.7 Å². The predicted molar refractivity (Wildman–Crippen MR) is 107 cm³/mol. The third kappa shape index (κ3) is 4.26. The molecule has 3 nitrogen and oxygen atoms in total. The molecule has 0 saturated carbocycles. The van der Waals surface area contributed by atoms with E-state index < -0.39 is 35.9 Å². The lowest BCUT2D eigenvalue weighted by Crippen LogP contribution is -2.51. The van der Waals surface area contributed by atoms with Crippen molar-refractivity contribution in [3.63, 3.8) is 0 Å². The van der Waals surface area contributed by atoms with Crippen molar-refractivity contribution < 1.29 is 27.5 Å². The summed E-state index contributed by atoms with van der Waals surface area (Å²) in [6.45, 7) is 4.82. The first-order valence-corrected chi connectivity index (χ1v) is 9.47. The van der Waals surface area contributed by atoms with Crippen molar-refractivity contribution in [1.29, 1.82) is 0 Å². The zero-order valence-corrected chi connectivity index (χ0v) is 16.9. The molecule has 0 saturated heterocycles. The number of fused-ring (bicyclic) bond motifs is 1. The van der Waals surface area contributed by atoms with Gasteiger partial charge in [0.15, 0.2) is 5.60 Å². The molecule has 3 rings (SSSR count). The van der Waals surface area contributed by atoms with Crippen molar-refractivity contribution >= 4 is 17.2 Å². The maximum absolute atomic E-state index is 14.0. The highest BCUT2D eigenvalue weighted by atomic mass is 19.4. The van der Waals surface area contributed by atoms with Gasteiger partial charge in [-0.15, -0.1) is 0 Å². The number of carbonyl (C=O) groups is 1. The molecule has 0 aliphatic heterocycles. The highest BCUT2D eigenvalue weighted by Gasteiger charge is 2.56. The highest BCUT2D eigenvalue weighted by molar-refractivity contribution is 5.87. The Kier molecular flexibility index (Phi) is 5.54. The van der Waals surface area contributed by atoms with E-state index in [0.717, 1.165) is 0 Å². The maximum atomic E-state index is 14.0. The molecule has 3 aromatic rings. The van der Waals surface area contributed by atoms with Gasteiger partial charge in [0.2, 0.25) is 0 Å². The number of hydrogen-bond donors (Lipinski definition) is 2. The molecule has 2 aromatic carbocycles. The largest absolute Gasteiger partial charge is 0.417 e. The normalized spacial score (nSPS) is 14.7. The molecule has 1 atom stereocenters. The summed E-state index contributed by atoms with van der Waals surface area (Å²) < 4.78 is 55.8. The van der Waals surface area contributed by atoms with E-state index in [1.165, 1.54) is 24.3 Å². The summed E-state index contributed by atoms with van der Waals surface area (Å²) in [5, 5.41) is 11.4. The zero-order valence-electron chi connectivity index (χ0n) is 16.9. The molecule has 1 heterocycles. The van der Waals surface area contributed by atoms with Crippen molar-refractivity contribution in [3.05, 3.63) is 70.7 Å². The van der Waals surface area contributed by atoms with Crippen molar-refractivity contribution in [1.82, 2.24) is 4.98 Å². The number of carbonyl (C=O) groups excluding carboxylic acids is 1. The summed E-state index contributed by atoms with van der Waals surface area (Å²) >= 11 is 0. The van der Waals surface area contributed by atoms with Gasteiger partial charge >= 0.3 is 6.18 Å². The number of aryl methyl sites for hydroxylation is 1. The minimum Gasteiger partial charge on any atom is -0.380 e. The van der Waals surface area contributed by atoms with Crippen LogP contribution >= 0.6 is 0 Å². The van der Waals surface area contributed by atoms with Crippen molar-refractivity contribution in [2.75, 3.05) is 0 Å². The Balaban J connectivity index is 1.98. The van der Waals surface area contributed by atoms with Crippen molar-refractivity contribution in [2.45, 2.75) is 50.8 Å². The Hall–Kier alpha value is -2.67. The summed E-state index contributed by atoms with van der Waals surface area (Å²) in [6, 6.07) is 10.2. The smallest absolute Gasteiger partial charge is 0.380 e. The van der Waals surface area contributed by atoms with Crippen LogP contribution in [0.2, 0.25) is 0 Å². The van der Waals surface area contributed by atoms with E-state index >= 15 is 0 Å². The molecule has 160 valence electrons. The number of aliphatic hydroxyl groups is 1. The van der Waals surface area contributed by atoms with Crippen LogP contribution in [0.5, 0.6) is 0 Å². The average Bonchev–Trinajstić information content (AvgIpc) is 3.03. The van der Waals surface area contributed by atoms with Crippen LogP contribution < -0.4 is 0 Å². The van der Waals surface area contributed by atoms with Crippen LogP contribution in [0.4, 0.5) is 17.6 Å². The number of hydrogen-bond acceptors (Lipinski definition) is 2. The predicted octanol–water partition coefficient (Wildman–Crippen LogP) is 5.63. The second-order valence-electron chi connectivity index (χ2n) is 8.49. The van der Waals surface area contributed by atoms with E-state index in [0.29, 0.717) is 33.9 Å². The van der Waals surface area contributed by atoms with E-state index in [4.69, 9.17) is 0 Å². The number of nitrogens with one attached hydrogen (secondary N) is 1. The molecule has 0 spiro atoms. The van der Waals surface area contributed by atoms with Gasteiger partial charge in [0.05, 0.1) is 0 Å². The van der Waals surface area contributed by atoms with E-state index in [1.807, 2.05) is 0 Å². The molecule has 1 unspecified atom stereocenters. The Morgan fingerprint density at radius 1 is 1.07 bits per heavy atom. The quantitative estimate of drug-likeness (QED) is 0.400. The van der Waals surface area contributed by atoms with Crippen LogP contribution in [-0.2, 0) is 11.8 Å². The summed E-state index contributed by atoms with van der Waals surface area (Å²) in [7, 11) is 0. The van der Waals surface area contributed by atoms with Gasteiger partial charge in [-0.3, -0.25) is 4.79 Å². The van der Waals surface area contributed by atoms with Gasteiger partial charge < -0.3 is 10.1 Å². The molecule has 0 aliphatic rings. The molecule has 7 heteroatoms. The number of halogens is 4. The van der Waals surface area contributed by atoms with Crippen LogP contribution in [0.15, 0.2) is 42.5 Å². The molecule has 0 aliphatic carbocycles. The number of aromatic nitrogens is 1. The number of aromatic amines is 1.